The van der Waals surface area contributed by atoms with E-state index in [1.807, 2.05) is 0 Å². The maximum absolute atomic E-state index is 14.3. The van der Waals surface area contributed by atoms with Crippen LogP contribution >= 0.6 is 23.2 Å². The third kappa shape index (κ3) is 7.79. The summed E-state index contributed by atoms with van der Waals surface area (Å²) in [4.78, 5) is 28.2. The Morgan fingerprint density at radius 2 is 1.50 bits per heavy atom. The number of likely N-dealkylation sites (N-methyl/N-ethyl adjacent to an activating group) is 1. The molecule has 11 nitrogen and oxygen atoms in total. The number of nitrogens with one attached hydrogen (secondary N) is 1. The van der Waals surface area contributed by atoms with E-state index in [9.17, 15) is 18.0 Å². The summed E-state index contributed by atoms with van der Waals surface area (Å²) in [5.41, 5.74) is 0.618. The van der Waals surface area contributed by atoms with Gasteiger partial charge in [0.05, 0.1) is 49.1 Å². The normalized spacial score (nSPS) is 11.7. The van der Waals surface area contributed by atoms with Crippen LogP contribution in [0.5, 0.6) is 23.0 Å². The molecular weight excluding hydrogens is 633 g/mol. The van der Waals surface area contributed by atoms with Crippen molar-refractivity contribution in [1.29, 1.82) is 0 Å². The molecule has 0 bridgehead atoms. The molecule has 0 fully saturated rings. The first-order valence-corrected chi connectivity index (χ1v) is 15.6. The summed E-state index contributed by atoms with van der Waals surface area (Å²) < 4.78 is 51.0. The van der Waals surface area contributed by atoms with E-state index in [1.165, 1.54) is 63.7 Å². The Morgan fingerprint density at radius 3 is 2.09 bits per heavy atom. The molecule has 238 valence electrons. The third-order valence-corrected chi connectivity index (χ3v) is 9.23. The predicted octanol–water partition coefficient (Wildman–Crippen LogP) is 4.78. The Bertz CT molecular complexity index is 1600. The van der Waals surface area contributed by atoms with E-state index in [0.29, 0.717) is 28.6 Å². The van der Waals surface area contributed by atoms with E-state index in [1.54, 1.807) is 38.1 Å². The van der Waals surface area contributed by atoms with Crippen LogP contribution in [-0.2, 0) is 26.2 Å². The number of nitrogens with zero attached hydrogens (tertiary/aromatic N) is 2. The molecule has 0 radical (unpaired) electrons. The van der Waals surface area contributed by atoms with Gasteiger partial charge in [0, 0.05) is 25.2 Å². The van der Waals surface area contributed by atoms with E-state index in [0.717, 1.165) is 4.31 Å². The summed E-state index contributed by atoms with van der Waals surface area (Å²) in [7, 11) is 1.15. The van der Waals surface area contributed by atoms with E-state index in [-0.39, 0.29) is 33.6 Å². The largest absolute Gasteiger partial charge is 0.497 e. The van der Waals surface area contributed by atoms with Gasteiger partial charge in [-0.3, -0.25) is 13.9 Å². The van der Waals surface area contributed by atoms with Crippen LogP contribution in [0.4, 0.5) is 5.69 Å². The molecule has 3 rings (SSSR count). The molecule has 14 heteroatoms. The van der Waals surface area contributed by atoms with Crippen molar-refractivity contribution in [2.24, 2.45) is 0 Å². The third-order valence-electron chi connectivity index (χ3n) is 6.73. The predicted molar refractivity (Wildman–Crippen MR) is 169 cm³/mol. The van der Waals surface area contributed by atoms with Gasteiger partial charge in [-0.25, -0.2) is 8.42 Å². The number of benzene rings is 3. The van der Waals surface area contributed by atoms with Crippen molar-refractivity contribution in [3.63, 3.8) is 0 Å². The van der Waals surface area contributed by atoms with Crippen molar-refractivity contribution in [3.8, 4) is 23.0 Å². The van der Waals surface area contributed by atoms with Crippen LogP contribution < -0.4 is 28.6 Å². The van der Waals surface area contributed by atoms with Crippen LogP contribution in [0.1, 0.15) is 19.4 Å². The number of hydrogen-bond acceptors (Lipinski definition) is 8. The van der Waals surface area contributed by atoms with Gasteiger partial charge in [-0.2, -0.15) is 0 Å². The van der Waals surface area contributed by atoms with Gasteiger partial charge >= 0.3 is 0 Å². The molecule has 1 atom stereocenters. The molecule has 0 spiro atoms. The zero-order valence-corrected chi connectivity index (χ0v) is 27.5. The highest BCUT2D eigenvalue weighted by molar-refractivity contribution is 7.92. The molecule has 3 aromatic rings. The van der Waals surface area contributed by atoms with E-state index < -0.39 is 34.4 Å². The maximum Gasteiger partial charge on any atom is 0.265 e. The molecule has 1 N–H and O–H groups in total. The summed E-state index contributed by atoms with van der Waals surface area (Å²) in [6.07, 6.45) is 0. The van der Waals surface area contributed by atoms with Gasteiger partial charge in [0.1, 0.15) is 24.1 Å². The highest BCUT2D eigenvalue weighted by Crippen LogP contribution is 2.38. The molecule has 0 saturated carbocycles. The lowest BCUT2D eigenvalue weighted by atomic mass is 10.1. The van der Waals surface area contributed by atoms with E-state index >= 15 is 0 Å². The molecule has 3 aromatic carbocycles. The highest BCUT2D eigenvalue weighted by atomic mass is 35.5. The number of methoxy groups -OCH3 is 4. The molecule has 0 heterocycles. The first-order valence-electron chi connectivity index (χ1n) is 13.4. The van der Waals surface area contributed by atoms with Crippen LogP contribution in [0.3, 0.4) is 0 Å². The average Bonchev–Trinajstić information content (AvgIpc) is 3.02. The molecule has 2 amide bonds. The number of rotatable bonds is 14. The van der Waals surface area contributed by atoms with Gasteiger partial charge < -0.3 is 29.2 Å². The summed E-state index contributed by atoms with van der Waals surface area (Å²) in [6, 6.07) is 12.5. The Labute approximate surface area is 267 Å². The van der Waals surface area contributed by atoms with E-state index in [2.05, 4.69) is 5.32 Å². The zero-order valence-electron chi connectivity index (χ0n) is 25.2. The quantitative estimate of drug-likeness (QED) is 0.261. The minimum Gasteiger partial charge on any atom is -0.497 e. The number of sulfonamides is 1. The molecule has 44 heavy (non-hydrogen) atoms. The molecule has 1 unspecified atom stereocenters. The fraction of sp³-hybridized carbons (Fsp3) is 0.333. The lowest BCUT2D eigenvalue weighted by Crippen LogP contribution is -2.51. The first-order chi connectivity index (χ1) is 20.9. The molecule has 0 aliphatic carbocycles. The Balaban J connectivity index is 2.18. The molecule has 0 aromatic heterocycles. The fourth-order valence-corrected chi connectivity index (χ4v) is 6.10. The minimum absolute atomic E-state index is 0.0372. The van der Waals surface area contributed by atoms with Crippen molar-refractivity contribution in [1.82, 2.24) is 10.2 Å². The van der Waals surface area contributed by atoms with Crippen LogP contribution in [0.2, 0.25) is 10.0 Å². The van der Waals surface area contributed by atoms with Gasteiger partial charge in [-0.1, -0.05) is 29.3 Å². The zero-order chi connectivity index (χ0) is 32.6. The second kappa shape index (κ2) is 15.2. The lowest BCUT2D eigenvalue weighted by Gasteiger charge is -2.32. The Kier molecular flexibility index (Phi) is 12.0. The summed E-state index contributed by atoms with van der Waals surface area (Å²) in [6.45, 7) is 2.87. The SMILES string of the molecule is CCNC(=O)C(C)N(Cc1ccc(Cl)c(Cl)c1)C(=O)CN(c1cc(OC)ccc1OC)S(=O)(=O)c1ccc(OC)c(OC)c1. The van der Waals surface area contributed by atoms with Gasteiger partial charge in [0.2, 0.25) is 11.8 Å². The van der Waals surface area contributed by atoms with Gasteiger partial charge in [-0.05, 0) is 55.8 Å². The van der Waals surface area contributed by atoms with Crippen molar-refractivity contribution >= 4 is 50.7 Å². The van der Waals surface area contributed by atoms with Crippen LogP contribution in [-0.4, -0.2) is 72.7 Å². The Morgan fingerprint density at radius 1 is 0.841 bits per heavy atom. The number of amides is 2. The maximum atomic E-state index is 14.3. The smallest absolute Gasteiger partial charge is 0.265 e. The molecule has 0 aliphatic heterocycles. The molecular formula is C30H35Cl2N3O8S. The first kappa shape index (κ1) is 34.6. The number of halogens is 2. The average molecular weight is 669 g/mol. The van der Waals surface area contributed by atoms with Gasteiger partial charge in [0.15, 0.2) is 11.5 Å². The van der Waals surface area contributed by atoms with Crippen LogP contribution in [0.25, 0.3) is 0 Å². The van der Waals surface area contributed by atoms with Gasteiger partial charge in [0.25, 0.3) is 10.0 Å². The second-order valence-corrected chi connectivity index (χ2v) is 12.1. The number of carbonyl (C=O) groups excluding carboxylic acids is 2. The number of hydrogen-bond donors (Lipinski definition) is 1. The van der Waals surface area contributed by atoms with Crippen LogP contribution in [0, 0.1) is 0 Å². The number of anilines is 1. The summed E-state index contributed by atoms with van der Waals surface area (Å²) >= 11 is 12.3. The number of carbonyl (C=O) groups is 2. The van der Waals surface area contributed by atoms with E-state index in [4.69, 9.17) is 42.1 Å². The van der Waals surface area contributed by atoms with Crippen molar-refractivity contribution in [2.75, 3.05) is 45.8 Å². The standard InChI is InChI=1S/C30H35Cl2N3O8S/c1-7-33-30(37)19(2)34(17-20-8-11-23(31)24(32)14-20)29(36)18-35(25-15-21(40-3)9-12-26(25)41-4)44(38,39)22-10-13-27(42-5)28(16-22)43-6/h8-16,19H,7,17-18H2,1-6H3,(H,33,37). The van der Waals surface area contributed by atoms with Crippen molar-refractivity contribution in [3.05, 3.63) is 70.2 Å². The lowest BCUT2D eigenvalue weighted by molar-refractivity contribution is -0.139. The van der Waals surface area contributed by atoms with Crippen molar-refractivity contribution < 1.29 is 37.0 Å². The monoisotopic (exact) mass is 667 g/mol. The minimum atomic E-state index is -4.46. The summed E-state index contributed by atoms with van der Waals surface area (Å²) in [5, 5.41) is 3.30. The fourth-order valence-electron chi connectivity index (χ4n) is 4.35. The summed E-state index contributed by atoms with van der Waals surface area (Å²) in [5.74, 6) is -0.127. The molecule has 0 aliphatic rings. The van der Waals surface area contributed by atoms with Crippen molar-refractivity contribution in [2.45, 2.75) is 31.3 Å². The van der Waals surface area contributed by atoms with Gasteiger partial charge in [-0.15, -0.1) is 0 Å². The molecule has 0 saturated heterocycles. The second-order valence-electron chi connectivity index (χ2n) is 9.41. The topological polar surface area (TPSA) is 124 Å². The highest BCUT2D eigenvalue weighted by Gasteiger charge is 2.34. The number of ether oxygens (including phenoxy) is 4. The van der Waals surface area contributed by atoms with Crippen LogP contribution in [0.15, 0.2) is 59.5 Å². The Hall–Kier alpha value is -3.87.